The van der Waals surface area contributed by atoms with Gasteiger partial charge in [0.2, 0.25) is 0 Å². The molecule has 0 aliphatic rings. The summed E-state index contributed by atoms with van der Waals surface area (Å²) in [7, 11) is 0. The van der Waals surface area contributed by atoms with Crippen LogP contribution in [0.2, 0.25) is 0 Å². The van der Waals surface area contributed by atoms with Gasteiger partial charge in [-0.25, -0.2) is 0 Å². The van der Waals surface area contributed by atoms with Crippen LogP contribution in [0.3, 0.4) is 0 Å². The molecule has 0 fully saturated rings. The molecule has 1 N–H and O–H groups in total. The highest BCUT2D eigenvalue weighted by Crippen LogP contribution is 2.17. The average Bonchev–Trinajstić information content (AvgIpc) is 2.03. The molecule has 12 heavy (non-hydrogen) atoms. The largest absolute Gasteiger partial charge is 0.513 e. The molecule has 0 aromatic carbocycles. The summed E-state index contributed by atoms with van der Waals surface area (Å²) in [4.78, 5) is 0. The summed E-state index contributed by atoms with van der Waals surface area (Å²) in [6.07, 6.45) is 4.80. The zero-order chi connectivity index (χ0) is 9.56. The van der Waals surface area contributed by atoms with Crippen LogP contribution in [-0.2, 0) is 0 Å². The van der Waals surface area contributed by atoms with E-state index >= 15 is 0 Å². The maximum atomic E-state index is 9.05. The summed E-state index contributed by atoms with van der Waals surface area (Å²) in [5.74, 6) is 1.43. The van der Waals surface area contributed by atoms with E-state index in [-0.39, 0.29) is 5.92 Å². The molecule has 0 aliphatic heterocycles. The van der Waals surface area contributed by atoms with E-state index in [1.165, 1.54) is 19.3 Å². The van der Waals surface area contributed by atoms with E-state index in [0.717, 1.165) is 12.3 Å². The SMILES string of the molecule is C=C(O)C(C)CCCC(C)CC. The Morgan fingerprint density at radius 2 is 1.92 bits per heavy atom. The fourth-order valence-electron chi connectivity index (χ4n) is 1.14. The van der Waals surface area contributed by atoms with Gasteiger partial charge in [0.15, 0.2) is 0 Å². The lowest BCUT2D eigenvalue weighted by Gasteiger charge is -2.11. The summed E-state index contributed by atoms with van der Waals surface area (Å²) in [5.41, 5.74) is 0. The molecule has 0 amide bonds. The maximum Gasteiger partial charge on any atom is 0.0879 e. The van der Waals surface area contributed by atoms with E-state index in [4.69, 9.17) is 5.11 Å². The van der Waals surface area contributed by atoms with E-state index in [9.17, 15) is 0 Å². The molecule has 0 bridgehead atoms. The Morgan fingerprint density at radius 1 is 1.33 bits per heavy atom. The molecule has 2 unspecified atom stereocenters. The first kappa shape index (κ1) is 11.5. The minimum absolute atomic E-state index is 0.272. The first-order valence-corrected chi connectivity index (χ1v) is 4.95. The zero-order valence-corrected chi connectivity index (χ0v) is 8.64. The van der Waals surface area contributed by atoms with Gasteiger partial charge in [0.1, 0.15) is 0 Å². The van der Waals surface area contributed by atoms with Crippen molar-refractivity contribution in [1.82, 2.24) is 0 Å². The fourth-order valence-corrected chi connectivity index (χ4v) is 1.14. The molecular weight excluding hydrogens is 148 g/mol. The Morgan fingerprint density at radius 3 is 2.33 bits per heavy atom. The molecule has 0 aliphatic carbocycles. The van der Waals surface area contributed by atoms with Gasteiger partial charge in [-0.1, -0.05) is 46.6 Å². The molecule has 1 nitrogen and oxygen atoms in total. The van der Waals surface area contributed by atoms with Crippen LogP contribution in [0.25, 0.3) is 0 Å². The Balaban J connectivity index is 3.37. The molecule has 72 valence electrons. The summed E-state index contributed by atoms with van der Waals surface area (Å²) >= 11 is 0. The summed E-state index contributed by atoms with van der Waals surface area (Å²) in [6, 6.07) is 0. The van der Waals surface area contributed by atoms with E-state index in [0.29, 0.717) is 5.76 Å². The van der Waals surface area contributed by atoms with Gasteiger partial charge in [-0.3, -0.25) is 0 Å². The molecule has 0 radical (unpaired) electrons. The molecule has 0 aromatic heterocycles. The maximum absolute atomic E-state index is 9.05. The Bertz CT molecular complexity index is 129. The van der Waals surface area contributed by atoms with Crippen molar-refractivity contribution in [3.63, 3.8) is 0 Å². The summed E-state index contributed by atoms with van der Waals surface area (Å²) in [5, 5.41) is 9.05. The van der Waals surface area contributed by atoms with Crippen LogP contribution in [0.1, 0.15) is 46.5 Å². The van der Waals surface area contributed by atoms with Crippen molar-refractivity contribution in [1.29, 1.82) is 0 Å². The third-order valence-electron chi connectivity index (χ3n) is 2.60. The Labute approximate surface area is 76.5 Å². The molecule has 0 rings (SSSR count). The second-order valence-electron chi connectivity index (χ2n) is 3.84. The van der Waals surface area contributed by atoms with Crippen LogP contribution in [-0.4, -0.2) is 5.11 Å². The van der Waals surface area contributed by atoms with Gasteiger partial charge >= 0.3 is 0 Å². The zero-order valence-electron chi connectivity index (χ0n) is 8.64. The van der Waals surface area contributed by atoms with Crippen molar-refractivity contribution < 1.29 is 5.11 Å². The number of hydrogen-bond acceptors (Lipinski definition) is 1. The second-order valence-corrected chi connectivity index (χ2v) is 3.84. The van der Waals surface area contributed by atoms with Crippen molar-refractivity contribution in [3.8, 4) is 0 Å². The van der Waals surface area contributed by atoms with Gasteiger partial charge in [-0.05, 0) is 12.3 Å². The average molecular weight is 170 g/mol. The Hall–Kier alpha value is -0.460. The van der Waals surface area contributed by atoms with Gasteiger partial charge in [0, 0.05) is 5.92 Å². The molecule has 0 spiro atoms. The highest BCUT2D eigenvalue weighted by atomic mass is 16.3. The smallest absolute Gasteiger partial charge is 0.0879 e. The lowest BCUT2D eigenvalue weighted by atomic mass is 9.96. The highest BCUT2D eigenvalue weighted by Gasteiger charge is 2.05. The lowest BCUT2D eigenvalue weighted by molar-refractivity contribution is 0.323. The number of rotatable bonds is 6. The number of hydrogen-bond donors (Lipinski definition) is 1. The van der Waals surface area contributed by atoms with E-state index in [2.05, 4.69) is 20.4 Å². The topological polar surface area (TPSA) is 20.2 Å². The second kappa shape index (κ2) is 6.10. The number of allylic oxidation sites excluding steroid dienone is 1. The monoisotopic (exact) mass is 170 g/mol. The van der Waals surface area contributed by atoms with E-state index in [1.54, 1.807) is 0 Å². The minimum atomic E-state index is 0.272. The summed E-state index contributed by atoms with van der Waals surface area (Å²) in [6.45, 7) is 10.1. The van der Waals surface area contributed by atoms with Crippen molar-refractivity contribution in [2.45, 2.75) is 46.5 Å². The minimum Gasteiger partial charge on any atom is -0.513 e. The van der Waals surface area contributed by atoms with Crippen LogP contribution in [0.4, 0.5) is 0 Å². The van der Waals surface area contributed by atoms with Crippen LogP contribution >= 0.6 is 0 Å². The predicted octanol–water partition coefficient (Wildman–Crippen LogP) is 3.91. The third kappa shape index (κ3) is 5.22. The van der Waals surface area contributed by atoms with Crippen LogP contribution in [0, 0.1) is 11.8 Å². The standard InChI is InChI=1S/C11H22O/c1-5-9(2)7-6-8-10(3)11(4)12/h9-10,12H,4-8H2,1-3H3. The first-order chi connectivity index (χ1) is 5.57. The van der Waals surface area contributed by atoms with Crippen molar-refractivity contribution in [3.05, 3.63) is 12.3 Å². The quantitative estimate of drug-likeness (QED) is 0.599. The van der Waals surface area contributed by atoms with Crippen molar-refractivity contribution >= 4 is 0 Å². The molecule has 1 heteroatoms. The molecule has 0 saturated heterocycles. The van der Waals surface area contributed by atoms with Crippen LogP contribution in [0.15, 0.2) is 12.3 Å². The molecular formula is C11H22O. The number of aliphatic hydroxyl groups excluding tert-OH is 1. The van der Waals surface area contributed by atoms with Crippen LogP contribution in [0.5, 0.6) is 0 Å². The van der Waals surface area contributed by atoms with E-state index in [1.807, 2.05) is 6.92 Å². The first-order valence-electron chi connectivity index (χ1n) is 4.95. The van der Waals surface area contributed by atoms with Gasteiger partial charge in [0.25, 0.3) is 0 Å². The van der Waals surface area contributed by atoms with Gasteiger partial charge in [0.05, 0.1) is 5.76 Å². The lowest BCUT2D eigenvalue weighted by Crippen LogP contribution is -1.99. The van der Waals surface area contributed by atoms with E-state index < -0.39 is 0 Å². The van der Waals surface area contributed by atoms with Gasteiger partial charge in [-0.2, -0.15) is 0 Å². The molecule has 0 aromatic rings. The number of aliphatic hydroxyl groups is 1. The molecule has 0 heterocycles. The van der Waals surface area contributed by atoms with Gasteiger partial charge in [-0.15, -0.1) is 0 Å². The van der Waals surface area contributed by atoms with Crippen molar-refractivity contribution in [2.24, 2.45) is 11.8 Å². The van der Waals surface area contributed by atoms with Gasteiger partial charge < -0.3 is 5.11 Å². The van der Waals surface area contributed by atoms with Crippen LogP contribution < -0.4 is 0 Å². The van der Waals surface area contributed by atoms with Crippen molar-refractivity contribution in [2.75, 3.05) is 0 Å². The predicted molar refractivity (Wildman–Crippen MR) is 54.2 cm³/mol. The molecule has 2 atom stereocenters. The molecule has 0 saturated carbocycles. The Kier molecular flexibility index (Phi) is 5.87. The normalized spacial score (nSPS) is 15.6. The third-order valence-corrected chi connectivity index (χ3v) is 2.60. The fraction of sp³-hybridized carbons (Fsp3) is 0.818. The highest BCUT2D eigenvalue weighted by molar-refractivity contribution is 4.85. The summed E-state index contributed by atoms with van der Waals surface area (Å²) < 4.78 is 0.